The van der Waals surface area contributed by atoms with Crippen molar-refractivity contribution < 1.29 is 14.3 Å². The zero-order valence-corrected chi connectivity index (χ0v) is 19.4. The first-order valence-electron chi connectivity index (χ1n) is 11.3. The van der Waals surface area contributed by atoms with Gasteiger partial charge in [-0.15, -0.1) is 0 Å². The summed E-state index contributed by atoms with van der Waals surface area (Å²) in [6.07, 6.45) is 1.88. The number of anilines is 1. The molecule has 2 aromatic carbocycles. The Morgan fingerprint density at radius 2 is 1.56 bits per heavy atom. The highest BCUT2D eigenvalue weighted by Crippen LogP contribution is 2.28. The van der Waals surface area contributed by atoms with Gasteiger partial charge >= 0.3 is 5.97 Å². The number of esters is 1. The van der Waals surface area contributed by atoms with E-state index in [1.165, 1.54) is 0 Å². The molecular weight excluding hydrogens is 400 g/mol. The molecule has 0 saturated heterocycles. The molecule has 3 aromatic rings. The van der Waals surface area contributed by atoms with Gasteiger partial charge in [-0.1, -0.05) is 61.9 Å². The minimum atomic E-state index is -0.400. The lowest BCUT2D eigenvalue weighted by Gasteiger charge is -2.23. The Labute approximate surface area is 190 Å². The predicted molar refractivity (Wildman–Crippen MR) is 128 cm³/mol. The van der Waals surface area contributed by atoms with Crippen molar-refractivity contribution in [2.45, 2.75) is 47.1 Å². The maximum Gasteiger partial charge on any atom is 0.355 e. The second kappa shape index (κ2) is 10.8. The van der Waals surface area contributed by atoms with Gasteiger partial charge in [-0.3, -0.25) is 4.79 Å². The fourth-order valence-corrected chi connectivity index (χ4v) is 4.04. The van der Waals surface area contributed by atoms with E-state index in [2.05, 4.69) is 6.92 Å². The lowest BCUT2D eigenvalue weighted by molar-refractivity contribution is 0.0513. The SMILES string of the molecule is CCCCN(C(=O)c1c(C)c(C(=O)OCC)n(Cc2ccccc2)c1C)c1ccccc1. The van der Waals surface area contributed by atoms with Gasteiger partial charge < -0.3 is 14.2 Å². The van der Waals surface area contributed by atoms with E-state index in [1.54, 1.807) is 6.92 Å². The highest BCUT2D eigenvalue weighted by Gasteiger charge is 2.30. The van der Waals surface area contributed by atoms with Gasteiger partial charge in [0.15, 0.2) is 0 Å². The van der Waals surface area contributed by atoms with Crippen LogP contribution in [0, 0.1) is 13.8 Å². The third-order valence-corrected chi connectivity index (χ3v) is 5.68. The molecule has 1 aromatic heterocycles. The van der Waals surface area contributed by atoms with E-state index in [1.807, 2.05) is 84.0 Å². The van der Waals surface area contributed by atoms with Crippen LogP contribution in [0.2, 0.25) is 0 Å². The molecule has 0 atom stereocenters. The van der Waals surface area contributed by atoms with Gasteiger partial charge in [0, 0.05) is 24.5 Å². The van der Waals surface area contributed by atoms with Crippen LogP contribution in [0.4, 0.5) is 5.69 Å². The highest BCUT2D eigenvalue weighted by atomic mass is 16.5. The molecule has 0 aliphatic heterocycles. The van der Waals surface area contributed by atoms with Crippen molar-refractivity contribution >= 4 is 17.6 Å². The number of ether oxygens (including phenoxy) is 1. The monoisotopic (exact) mass is 432 g/mol. The minimum absolute atomic E-state index is 0.0861. The molecule has 0 N–H and O–H groups in total. The molecule has 0 saturated carbocycles. The fourth-order valence-electron chi connectivity index (χ4n) is 4.04. The van der Waals surface area contributed by atoms with Gasteiger partial charge in [0.25, 0.3) is 5.91 Å². The van der Waals surface area contributed by atoms with Crippen LogP contribution in [-0.4, -0.2) is 29.6 Å². The van der Waals surface area contributed by atoms with Crippen molar-refractivity contribution in [1.29, 1.82) is 0 Å². The molecule has 1 amide bonds. The lowest BCUT2D eigenvalue weighted by Crippen LogP contribution is -2.32. The zero-order valence-electron chi connectivity index (χ0n) is 19.4. The number of rotatable bonds is 9. The second-order valence-corrected chi connectivity index (χ2v) is 7.87. The summed E-state index contributed by atoms with van der Waals surface area (Å²) < 4.78 is 7.28. The maximum atomic E-state index is 13.9. The molecule has 5 nitrogen and oxygen atoms in total. The average Bonchev–Trinajstić information content (AvgIpc) is 3.04. The quantitative estimate of drug-likeness (QED) is 0.403. The van der Waals surface area contributed by atoms with Gasteiger partial charge in [0.05, 0.1) is 12.2 Å². The zero-order chi connectivity index (χ0) is 23.1. The molecule has 0 radical (unpaired) electrons. The van der Waals surface area contributed by atoms with Crippen LogP contribution in [0.25, 0.3) is 0 Å². The van der Waals surface area contributed by atoms with E-state index in [0.717, 1.165) is 29.8 Å². The molecule has 5 heteroatoms. The number of hydrogen-bond acceptors (Lipinski definition) is 3. The molecule has 1 heterocycles. The summed E-state index contributed by atoms with van der Waals surface area (Å²) in [5.74, 6) is -0.486. The molecule has 0 aliphatic carbocycles. The third-order valence-electron chi connectivity index (χ3n) is 5.68. The van der Waals surface area contributed by atoms with Crippen LogP contribution in [0.3, 0.4) is 0 Å². The Morgan fingerprint density at radius 1 is 0.938 bits per heavy atom. The van der Waals surface area contributed by atoms with Crippen molar-refractivity contribution in [3.05, 3.63) is 88.7 Å². The summed E-state index contributed by atoms with van der Waals surface area (Å²) in [5.41, 5.74) is 4.37. The summed E-state index contributed by atoms with van der Waals surface area (Å²) >= 11 is 0. The van der Waals surface area contributed by atoms with E-state index in [4.69, 9.17) is 4.74 Å². The number of nitrogens with zero attached hydrogens (tertiary/aromatic N) is 2. The Balaban J connectivity index is 2.11. The average molecular weight is 433 g/mol. The van der Waals surface area contributed by atoms with Crippen LogP contribution in [0.15, 0.2) is 60.7 Å². The number of hydrogen-bond donors (Lipinski definition) is 0. The smallest absolute Gasteiger partial charge is 0.355 e. The van der Waals surface area contributed by atoms with Crippen molar-refractivity contribution in [3.8, 4) is 0 Å². The van der Waals surface area contributed by atoms with Crippen molar-refractivity contribution in [1.82, 2.24) is 4.57 Å². The van der Waals surface area contributed by atoms with Gasteiger partial charge in [0.2, 0.25) is 0 Å². The summed E-state index contributed by atoms with van der Waals surface area (Å²) in [6.45, 7) is 9.06. The first kappa shape index (κ1) is 23.3. The van der Waals surface area contributed by atoms with Crippen LogP contribution in [0.5, 0.6) is 0 Å². The first-order valence-corrected chi connectivity index (χ1v) is 11.3. The van der Waals surface area contributed by atoms with Crippen LogP contribution in [0.1, 0.15) is 64.4 Å². The Morgan fingerprint density at radius 3 is 2.16 bits per heavy atom. The molecule has 0 fully saturated rings. The van der Waals surface area contributed by atoms with Crippen molar-refractivity contribution in [3.63, 3.8) is 0 Å². The number of carbonyl (C=O) groups excluding carboxylic acids is 2. The number of benzene rings is 2. The molecular formula is C27H32N2O3. The topological polar surface area (TPSA) is 51.5 Å². The Hall–Kier alpha value is -3.34. The van der Waals surface area contributed by atoms with Gasteiger partial charge in [0.1, 0.15) is 5.69 Å². The molecule has 0 unspecified atom stereocenters. The number of carbonyl (C=O) groups is 2. The normalized spacial score (nSPS) is 10.8. The van der Waals surface area contributed by atoms with Crippen molar-refractivity contribution in [2.75, 3.05) is 18.1 Å². The van der Waals surface area contributed by atoms with Gasteiger partial charge in [-0.25, -0.2) is 4.79 Å². The fraction of sp³-hybridized carbons (Fsp3) is 0.333. The third kappa shape index (κ3) is 4.93. The van der Waals surface area contributed by atoms with Crippen LogP contribution in [-0.2, 0) is 11.3 Å². The van der Waals surface area contributed by atoms with E-state index < -0.39 is 5.97 Å². The maximum absolute atomic E-state index is 13.9. The largest absolute Gasteiger partial charge is 0.461 e. The number of para-hydroxylation sites is 1. The van der Waals surface area contributed by atoms with E-state index in [-0.39, 0.29) is 12.5 Å². The second-order valence-electron chi connectivity index (χ2n) is 7.87. The Bertz CT molecular complexity index is 1060. The first-order chi connectivity index (χ1) is 15.5. The standard InChI is InChI=1S/C27H32N2O3/c1-5-7-18-28(23-16-12-9-13-17-23)26(30)24-20(3)25(27(31)32-6-2)29(21(24)4)19-22-14-10-8-11-15-22/h8-17H,5-7,18-19H2,1-4H3. The molecule has 168 valence electrons. The molecule has 3 rings (SSSR count). The molecule has 0 spiro atoms. The summed E-state index contributed by atoms with van der Waals surface area (Å²) in [4.78, 5) is 28.6. The summed E-state index contributed by atoms with van der Waals surface area (Å²) in [6, 6.07) is 19.7. The summed E-state index contributed by atoms with van der Waals surface area (Å²) in [5, 5.41) is 0. The predicted octanol–water partition coefficient (Wildman–Crippen LogP) is 5.78. The number of aromatic nitrogens is 1. The van der Waals surface area contributed by atoms with Gasteiger partial charge in [-0.05, 0) is 50.5 Å². The highest BCUT2D eigenvalue weighted by molar-refractivity contribution is 6.09. The van der Waals surface area contributed by atoms with Crippen LogP contribution >= 0.6 is 0 Å². The van der Waals surface area contributed by atoms with Crippen molar-refractivity contribution in [2.24, 2.45) is 0 Å². The molecule has 0 aliphatic rings. The van der Waals surface area contributed by atoms with Gasteiger partial charge in [-0.2, -0.15) is 0 Å². The van der Waals surface area contributed by atoms with E-state index in [0.29, 0.717) is 29.9 Å². The lowest BCUT2D eigenvalue weighted by atomic mass is 10.1. The molecule has 0 bridgehead atoms. The number of amides is 1. The minimum Gasteiger partial charge on any atom is -0.461 e. The summed E-state index contributed by atoms with van der Waals surface area (Å²) in [7, 11) is 0. The Kier molecular flexibility index (Phi) is 7.87. The molecule has 32 heavy (non-hydrogen) atoms. The van der Waals surface area contributed by atoms with Crippen LogP contribution < -0.4 is 4.90 Å². The van der Waals surface area contributed by atoms with E-state index in [9.17, 15) is 9.59 Å². The number of unbranched alkanes of at least 4 members (excludes halogenated alkanes) is 1. The van der Waals surface area contributed by atoms with E-state index >= 15 is 0 Å².